The van der Waals surface area contributed by atoms with Gasteiger partial charge in [-0.25, -0.2) is 0 Å². The third-order valence-corrected chi connectivity index (χ3v) is 4.45. The Kier molecular flexibility index (Phi) is 9.72. The van der Waals surface area contributed by atoms with E-state index in [1.807, 2.05) is 7.05 Å². The average molecular weight is 440 g/mol. The lowest BCUT2D eigenvalue weighted by molar-refractivity contribution is 0.0242. The number of halogens is 1. The molecule has 0 aromatic heterocycles. The average Bonchev–Trinajstić information content (AvgIpc) is 2.95. The fourth-order valence-electron chi connectivity index (χ4n) is 3.03. The molecule has 2 unspecified atom stereocenters. The Morgan fingerprint density at radius 2 is 2.00 bits per heavy atom. The lowest BCUT2D eigenvalue weighted by Crippen LogP contribution is -2.47. The van der Waals surface area contributed by atoms with Gasteiger partial charge in [-0.15, -0.1) is 24.0 Å². The molecule has 2 rings (SSSR count). The number of aliphatic imine (C=N–C) groups is 1. The molecule has 136 valence electrons. The lowest BCUT2D eigenvalue weighted by Gasteiger charge is -2.29. The second kappa shape index (κ2) is 10.7. The molecule has 0 amide bonds. The van der Waals surface area contributed by atoms with Crippen molar-refractivity contribution in [3.8, 4) is 0 Å². The van der Waals surface area contributed by atoms with Gasteiger partial charge in [-0.1, -0.05) is 6.92 Å². The monoisotopic (exact) mass is 440 g/mol. The Bertz CT molecular complexity index is 356. The molecular weight excluding hydrogens is 407 g/mol. The Morgan fingerprint density at radius 3 is 2.61 bits per heavy atom. The van der Waals surface area contributed by atoms with E-state index in [4.69, 9.17) is 9.47 Å². The maximum atomic E-state index is 5.80. The molecule has 2 saturated heterocycles. The predicted molar refractivity (Wildman–Crippen MR) is 105 cm³/mol. The minimum absolute atomic E-state index is 0. The van der Waals surface area contributed by atoms with E-state index in [0.29, 0.717) is 5.92 Å². The minimum atomic E-state index is -0.0446. The summed E-state index contributed by atoms with van der Waals surface area (Å²) in [6.45, 7) is 12.0. The van der Waals surface area contributed by atoms with Crippen LogP contribution in [0.15, 0.2) is 4.99 Å². The highest BCUT2D eigenvalue weighted by Crippen LogP contribution is 2.23. The second-order valence-electron chi connectivity index (χ2n) is 6.73. The molecule has 2 fully saturated rings. The van der Waals surface area contributed by atoms with Crippen LogP contribution in [0.1, 0.15) is 26.7 Å². The topological polar surface area (TPSA) is 58.1 Å². The first-order chi connectivity index (χ1) is 10.6. The van der Waals surface area contributed by atoms with Gasteiger partial charge in [0.15, 0.2) is 5.96 Å². The Balaban J connectivity index is 0.00000264. The normalized spacial score (nSPS) is 27.3. The molecule has 0 saturated carbocycles. The van der Waals surface area contributed by atoms with Crippen LogP contribution in [0.5, 0.6) is 0 Å². The van der Waals surface area contributed by atoms with Crippen LogP contribution in [-0.4, -0.2) is 76.1 Å². The number of guanidine groups is 1. The lowest BCUT2D eigenvalue weighted by atomic mass is 10.0. The summed E-state index contributed by atoms with van der Waals surface area (Å²) in [7, 11) is 1.82. The SMILES string of the molecule is CN=C(NCC(C)CN1CCOCC1)NCC1(C)CCCO1.I. The molecule has 2 aliphatic heterocycles. The number of nitrogens with one attached hydrogen (secondary N) is 2. The summed E-state index contributed by atoms with van der Waals surface area (Å²) in [5.74, 6) is 1.44. The largest absolute Gasteiger partial charge is 0.379 e. The van der Waals surface area contributed by atoms with E-state index < -0.39 is 0 Å². The van der Waals surface area contributed by atoms with Crippen LogP contribution in [0.25, 0.3) is 0 Å². The zero-order valence-electron chi connectivity index (χ0n) is 14.8. The summed E-state index contributed by atoms with van der Waals surface area (Å²) in [4.78, 5) is 6.78. The number of morpholine rings is 1. The first-order valence-corrected chi connectivity index (χ1v) is 8.50. The van der Waals surface area contributed by atoms with Gasteiger partial charge in [0.25, 0.3) is 0 Å². The molecule has 2 aliphatic rings. The van der Waals surface area contributed by atoms with Crippen LogP contribution in [0.3, 0.4) is 0 Å². The molecule has 2 N–H and O–H groups in total. The number of hydrogen-bond donors (Lipinski definition) is 2. The molecule has 0 aromatic carbocycles. The van der Waals surface area contributed by atoms with Crippen LogP contribution < -0.4 is 10.6 Å². The second-order valence-corrected chi connectivity index (χ2v) is 6.73. The maximum Gasteiger partial charge on any atom is 0.191 e. The Hall–Kier alpha value is -0.120. The van der Waals surface area contributed by atoms with E-state index in [2.05, 4.69) is 34.4 Å². The first-order valence-electron chi connectivity index (χ1n) is 8.50. The summed E-state index contributed by atoms with van der Waals surface area (Å²) in [5.41, 5.74) is -0.0446. The van der Waals surface area contributed by atoms with E-state index in [-0.39, 0.29) is 29.6 Å². The highest BCUT2D eigenvalue weighted by atomic mass is 127. The first kappa shape index (κ1) is 20.9. The van der Waals surface area contributed by atoms with Crippen molar-refractivity contribution in [2.75, 3.05) is 59.6 Å². The van der Waals surface area contributed by atoms with Crippen molar-refractivity contribution < 1.29 is 9.47 Å². The number of hydrogen-bond acceptors (Lipinski definition) is 4. The van der Waals surface area contributed by atoms with Crippen LogP contribution in [0.4, 0.5) is 0 Å². The minimum Gasteiger partial charge on any atom is -0.379 e. The maximum absolute atomic E-state index is 5.80. The molecular formula is C16H33IN4O2. The van der Waals surface area contributed by atoms with Gasteiger partial charge in [0.05, 0.1) is 18.8 Å². The van der Waals surface area contributed by atoms with E-state index in [9.17, 15) is 0 Å². The Morgan fingerprint density at radius 1 is 1.26 bits per heavy atom. The zero-order chi connectivity index (χ0) is 15.8. The fraction of sp³-hybridized carbons (Fsp3) is 0.938. The Labute approximate surface area is 157 Å². The van der Waals surface area contributed by atoms with Gasteiger partial charge in [-0.05, 0) is 25.7 Å². The van der Waals surface area contributed by atoms with Gasteiger partial charge in [0.1, 0.15) is 0 Å². The van der Waals surface area contributed by atoms with Crippen molar-refractivity contribution in [3.63, 3.8) is 0 Å². The molecule has 2 atom stereocenters. The number of nitrogens with zero attached hydrogens (tertiary/aromatic N) is 2. The van der Waals surface area contributed by atoms with E-state index in [1.165, 1.54) is 0 Å². The van der Waals surface area contributed by atoms with Gasteiger partial charge < -0.3 is 20.1 Å². The van der Waals surface area contributed by atoms with E-state index in [1.54, 1.807) is 0 Å². The molecule has 0 spiro atoms. The van der Waals surface area contributed by atoms with E-state index >= 15 is 0 Å². The third-order valence-electron chi connectivity index (χ3n) is 4.45. The van der Waals surface area contributed by atoms with Gasteiger partial charge in [-0.2, -0.15) is 0 Å². The van der Waals surface area contributed by atoms with E-state index in [0.717, 1.165) is 71.3 Å². The zero-order valence-corrected chi connectivity index (χ0v) is 17.1. The number of ether oxygens (including phenoxy) is 2. The van der Waals surface area contributed by atoms with Gasteiger partial charge >= 0.3 is 0 Å². The fourth-order valence-corrected chi connectivity index (χ4v) is 3.03. The smallest absolute Gasteiger partial charge is 0.191 e. The van der Waals surface area contributed by atoms with Crippen molar-refractivity contribution in [3.05, 3.63) is 0 Å². The summed E-state index contributed by atoms with van der Waals surface area (Å²) < 4.78 is 11.2. The molecule has 2 heterocycles. The molecule has 0 radical (unpaired) electrons. The summed E-state index contributed by atoms with van der Waals surface area (Å²) in [5, 5.41) is 6.82. The summed E-state index contributed by atoms with van der Waals surface area (Å²) >= 11 is 0. The van der Waals surface area contributed by atoms with Gasteiger partial charge in [0.2, 0.25) is 0 Å². The molecule has 0 aliphatic carbocycles. The van der Waals surface area contributed by atoms with Crippen molar-refractivity contribution >= 4 is 29.9 Å². The number of rotatable bonds is 6. The molecule has 0 bridgehead atoms. The van der Waals surface area contributed by atoms with Crippen LogP contribution in [0.2, 0.25) is 0 Å². The molecule has 6 nitrogen and oxygen atoms in total. The summed E-state index contributed by atoms with van der Waals surface area (Å²) in [6.07, 6.45) is 2.27. The predicted octanol–water partition coefficient (Wildman–Crippen LogP) is 1.31. The van der Waals surface area contributed by atoms with Crippen molar-refractivity contribution in [2.45, 2.75) is 32.3 Å². The van der Waals surface area contributed by atoms with Crippen LogP contribution >= 0.6 is 24.0 Å². The van der Waals surface area contributed by atoms with Crippen LogP contribution in [0, 0.1) is 5.92 Å². The highest BCUT2D eigenvalue weighted by Gasteiger charge is 2.29. The van der Waals surface area contributed by atoms with Gasteiger partial charge in [-0.3, -0.25) is 9.89 Å². The standard InChI is InChI=1S/C16H32N4O2.HI/c1-14(12-20-6-9-21-10-7-20)11-18-15(17-3)19-13-16(2)5-4-8-22-16;/h14H,4-13H2,1-3H3,(H2,17,18,19);1H. The highest BCUT2D eigenvalue weighted by molar-refractivity contribution is 14.0. The third kappa shape index (κ3) is 7.53. The van der Waals surface area contributed by atoms with Crippen molar-refractivity contribution in [2.24, 2.45) is 10.9 Å². The summed E-state index contributed by atoms with van der Waals surface area (Å²) in [6, 6.07) is 0. The van der Waals surface area contributed by atoms with Crippen molar-refractivity contribution in [1.29, 1.82) is 0 Å². The molecule has 23 heavy (non-hydrogen) atoms. The quantitative estimate of drug-likeness (QED) is 0.371. The van der Waals surface area contributed by atoms with Crippen LogP contribution in [-0.2, 0) is 9.47 Å². The molecule has 0 aromatic rings. The van der Waals surface area contributed by atoms with Crippen molar-refractivity contribution in [1.82, 2.24) is 15.5 Å². The van der Waals surface area contributed by atoms with Gasteiger partial charge in [0, 0.05) is 46.4 Å². The molecule has 7 heteroatoms.